The predicted molar refractivity (Wildman–Crippen MR) is 154 cm³/mol. The van der Waals surface area contributed by atoms with E-state index in [2.05, 4.69) is 27.7 Å². The molecule has 4 nitrogen and oxygen atoms in total. The molecule has 0 unspecified atom stereocenters. The van der Waals surface area contributed by atoms with Gasteiger partial charge in [0.2, 0.25) is 0 Å². The monoisotopic (exact) mass is 510 g/mol. The topological polar surface area (TPSA) is 44.8 Å². The van der Waals surface area contributed by atoms with Crippen molar-refractivity contribution in [3.05, 3.63) is 54.1 Å². The zero-order valence-corrected chi connectivity index (χ0v) is 23.8. The standard InChI is InChI=1S/C33H50O4/c1-5-6-7-8-9-10-11-12-25-35-31-20-22-32(23-21-31)37-33(34)29-16-18-30(19-17-29)36-26-24-28(4)15-13-14-27(2)3/h16-23,27-28H,5-15,24-26H2,1-4H3/t28-/m0/s1. The number of esters is 1. The number of carbonyl (C=O) groups excluding carboxylic acids is 1. The summed E-state index contributed by atoms with van der Waals surface area (Å²) in [5, 5.41) is 0. The number of ether oxygens (including phenoxy) is 3. The summed E-state index contributed by atoms with van der Waals surface area (Å²) in [5.74, 6) is 3.16. The number of benzene rings is 2. The first-order chi connectivity index (χ1) is 18.0. The lowest BCUT2D eigenvalue weighted by Crippen LogP contribution is -2.09. The van der Waals surface area contributed by atoms with Gasteiger partial charge in [-0.05, 0) is 73.2 Å². The van der Waals surface area contributed by atoms with E-state index in [1.54, 1.807) is 24.3 Å². The molecular formula is C33H50O4. The lowest BCUT2D eigenvalue weighted by molar-refractivity contribution is 0.0734. The van der Waals surface area contributed by atoms with Gasteiger partial charge in [-0.2, -0.15) is 0 Å². The number of carbonyl (C=O) groups is 1. The molecule has 4 heteroatoms. The van der Waals surface area contributed by atoms with Crippen LogP contribution in [0.3, 0.4) is 0 Å². The Hall–Kier alpha value is -2.49. The molecule has 2 aromatic rings. The Morgan fingerprint density at radius 2 is 1.16 bits per heavy atom. The summed E-state index contributed by atoms with van der Waals surface area (Å²) in [4.78, 5) is 12.5. The van der Waals surface area contributed by atoms with E-state index in [9.17, 15) is 4.79 Å². The normalized spacial score (nSPS) is 11.9. The fraction of sp³-hybridized carbons (Fsp3) is 0.606. The van der Waals surface area contributed by atoms with Crippen molar-refractivity contribution < 1.29 is 19.0 Å². The van der Waals surface area contributed by atoms with Crippen molar-refractivity contribution in [1.82, 2.24) is 0 Å². The highest BCUT2D eigenvalue weighted by atomic mass is 16.5. The maximum absolute atomic E-state index is 12.5. The smallest absolute Gasteiger partial charge is 0.343 e. The van der Waals surface area contributed by atoms with Gasteiger partial charge in [-0.1, -0.05) is 91.9 Å². The molecule has 0 aromatic heterocycles. The molecule has 0 radical (unpaired) electrons. The third kappa shape index (κ3) is 14.1. The predicted octanol–water partition coefficient (Wildman–Crippen LogP) is 9.66. The average molecular weight is 511 g/mol. The van der Waals surface area contributed by atoms with Crippen LogP contribution in [0.25, 0.3) is 0 Å². The van der Waals surface area contributed by atoms with Crippen molar-refractivity contribution in [2.45, 2.75) is 105 Å². The highest BCUT2D eigenvalue weighted by Gasteiger charge is 2.10. The summed E-state index contributed by atoms with van der Waals surface area (Å²) >= 11 is 0. The van der Waals surface area contributed by atoms with E-state index in [4.69, 9.17) is 14.2 Å². The molecular weight excluding hydrogens is 460 g/mol. The molecule has 0 aliphatic carbocycles. The third-order valence-electron chi connectivity index (χ3n) is 6.75. The molecule has 0 heterocycles. The van der Waals surface area contributed by atoms with E-state index < -0.39 is 0 Å². The molecule has 0 amide bonds. The fourth-order valence-corrected chi connectivity index (χ4v) is 4.28. The highest BCUT2D eigenvalue weighted by Crippen LogP contribution is 2.21. The summed E-state index contributed by atoms with van der Waals surface area (Å²) in [6.45, 7) is 10.5. The molecule has 0 aliphatic rings. The number of hydrogen-bond acceptors (Lipinski definition) is 4. The van der Waals surface area contributed by atoms with Crippen molar-refractivity contribution >= 4 is 5.97 Å². The number of unbranched alkanes of at least 4 members (excludes halogenated alkanes) is 7. The summed E-state index contributed by atoms with van der Waals surface area (Å²) in [5.41, 5.74) is 0.504. The maximum Gasteiger partial charge on any atom is 0.343 e. The van der Waals surface area contributed by atoms with Gasteiger partial charge in [0.25, 0.3) is 0 Å². The second-order valence-corrected chi connectivity index (χ2v) is 10.8. The minimum atomic E-state index is -0.377. The van der Waals surface area contributed by atoms with E-state index in [1.807, 2.05) is 24.3 Å². The van der Waals surface area contributed by atoms with Gasteiger partial charge in [-0.15, -0.1) is 0 Å². The van der Waals surface area contributed by atoms with Crippen LogP contribution in [-0.2, 0) is 0 Å². The molecule has 0 aliphatic heterocycles. The Bertz CT molecular complexity index is 842. The molecule has 0 spiro atoms. The first-order valence-electron chi connectivity index (χ1n) is 14.7. The lowest BCUT2D eigenvalue weighted by atomic mass is 9.98. The summed E-state index contributed by atoms with van der Waals surface area (Å²) < 4.78 is 17.2. The first-order valence-corrected chi connectivity index (χ1v) is 14.7. The minimum Gasteiger partial charge on any atom is -0.494 e. The van der Waals surface area contributed by atoms with Gasteiger partial charge in [-0.25, -0.2) is 4.79 Å². The molecule has 2 rings (SSSR count). The Kier molecular flexibility index (Phi) is 15.5. The SMILES string of the molecule is CCCCCCCCCCOc1ccc(OC(=O)c2ccc(OCC[C@@H](C)CCCC(C)C)cc2)cc1. The van der Waals surface area contributed by atoms with E-state index >= 15 is 0 Å². The Morgan fingerprint density at radius 3 is 1.78 bits per heavy atom. The number of hydrogen-bond donors (Lipinski definition) is 0. The molecule has 2 aromatic carbocycles. The average Bonchev–Trinajstić information content (AvgIpc) is 2.89. The first kappa shape index (κ1) is 30.7. The Labute approximate surface area is 226 Å². The van der Waals surface area contributed by atoms with Gasteiger partial charge in [0.15, 0.2) is 0 Å². The molecule has 0 fully saturated rings. The maximum atomic E-state index is 12.5. The Morgan fingerprint density at radius 1 is 0.622 bits per heavy atom. The zero-order chi connectivity index (χ0) is 26.7. The van der Waals surface area contributed by atoms with Gasteiger partial charge >= 0.3 is 5.97 Å². The second-order valence-electron chi connectivity index (χ2n) is 10.8. The van der Waals surface area contributed by atoms with Crippen molar-refractivity contribution in [3.8, 4) is 17.2 Å². The molecule has 1 atom stereocenters. The van der Waals surface area contributed by atoms with Crippen molar-refractivity contribution in [1.29, 1.82) is 0 Å². The fourth-order valence-electron chi connectivity index (χ4n) is 4.28. The second kappa shape index (κ2) is 18.7. The largest absolute Gasteiger partial charge is 0.494 e. The van der Waals surface area contributed by atoms with E-state index in [0.717, 1.165) is 36.9 Å². The van der Waals surface area contributed by atoms with Gasteiger partial charge in [0.05, 0.1) is 18.8 Å². The van der Waals surface area contributed by atoms with Crippen LogP contribution in [0.5, 0.6) is 17.2 Å². The Balaban J connectivity index is 1.63. The minimum absolute atomic E-state index is 0.377. The molecule has 206 valence electrons. The van der Waals surface area contributed by atoms with Crippen LogP contribution >= 0.6 is 0 Å². The van der Waals surface area contributed by atoms with E-state index in [0.29, 0.717) is 23.8 Å². The van der Waals surface area contributed by atoms with Gasteiger partial charge in [-0.3, -0.25) is 0 Å². The van der Waals surface area contributed by atoms with Crippen molar-refractivity contribution in [3.63, 3.8) is 0 Å². The summed E-state index contributed by atoms with van der Waals surface area (Å²) in [6, 6.07) is 14.4. The lowest BCUT2D eigenvalue weighted by Gasteiger charge is -2.13. The molecule has 0 saturated carbocycles. The van der Waals surface area contributed by atoms with Gasteiger partial charge < -0.3 is 14.2 Å². The van der Waals surface area contributed by atoms with Crippen LogP contribution in [-0.4, -0.2) is 19.2 Å². The van der Waals surface area contributed by atoms with Crippen LogP contribution in [0.15, 0.2) is 48.5 Å². The van der Waals surface area contributed by atoms with Gasteiger partial charge in [0.1, 0.15) is 17.2 Å². The molecule has 37 heavy (non-hydrogen) atoms. The van der Waals surface area contributed by atoms with Crippen LogP contribution in [0, 0.1) is 11.8 Å². The molecule has 0 bridgehead atoms. The van der Waals surface area contributed by atoms with Crippen LogP contribution in [0.1, 0.15) is 115 Å². The highest BCUT2D eigenvalue weighted by molar-refractivity contribution is 5.91. The quantitative estimate of drug-likeness (QED) is 0.101. The van der Waals surface area contributed by atoms with Crippen molar-refractivity contribution in [2.75, 3.05) is 13.2 Å². The van der Waals surface area contributed by atoms with Crippen LogP contribution in [0.2, 0.25) is 0 Å². The summed E-state index contributed by atoms with van der Waals surface area (Å²) in [7, 11) is 0. The van der Waals surface area contributed by atoms with Crippen LogP contribution in [0.4, 0.5) is 0 Å². The van der Waals surface area contributed by atoms with E-state index in [-0.39, 0.29) is 5.97 Å². The number of rotatable bonds is 20. The van der Waals surface area contributed by atoms with Gasteiger partial charge in [0, 0.05) is 0 Å². The molecule has 0 saturated heterocycles. The zero-order valence-electron chi connectivity index (χ0n) is 23.8. The van der Waals surface area contributed by atoms with Crippen LogP contribution < -0.4 is 14.2 Å². The molecule has 0 N–H and O–H groups in total. The summed E-state index contributed by atoms with van der Waals surface area (Å²) in [6.07, 6.45) is 15.1. The van der Waals surface area contributed by atoms with Crippen molar-refractivity contribution in [2.24, 2.45) is 11.8 Å². The third-order valence-corrected chi connectivity index (χ3v) is 6.75. The van der Waals surface area contributed by atoms with E-state index in [1.165, 1.54) is 64.2 Å².